The number of benzene rings is 2. The Hall–Kier alpha value is -2.94. The van der Waals surface area contributed by atoms with Crippen LogP contribution in [0.3, 0.4) is 0 Å². The molecule has 0 saturated carbocycles. The van der Waals surface area contributed by atoms with E-state index in [1.807, 2.05) is 58.8 Å². The first kappa shape index (κ1) is 22.3. The van der Waals surface area contributed by atoms with Gasteiger partial charge < -0.3 is 15.1 Å². The number of rotatable bonds is 4. The predicted molar refractivity (Wildman–Crippen MR) is 134 cm³/mol. The fourth-order valence-corrected chi connectivity index (χ4v) is 4.62. The van der Waals surface area contributed by atoms with Crippen LogP contribution < -0.4 is 15.5 Å². The first-order chi connectivity index (χ1) is 15.5. The van der Waals surface area contributed by atoms with E-state index in [-0.39, 0.29) is 16.9 Å². The Morgan fingerprint density at radius 1 is 0.969 bits per heavy atom. The summed E-state index contributed by atoms with van der Waals surface area (Å²) in [5.41, 5.74) is 2.29. The molecule has 2 N–H and O–H groups in total. The maximum absolute atomic E-state index is 12.6. The van der Waals surface area contributed by atoms with E-state index < -0.39 is 0 Å². The number of amides is 2. The molecule has 2 aromatic carbocycles. The second-order valence-corrected chi connectivity index (χ2v) is 8.96. The van der Waals surface area contributed by atoms with E-state index in [2.05, 4.69) is 15.5 Å². The largest absolute Gasteiger partial charge is 0.367 e. The molecule has 2 heterocycles. The van der Waals surface area contributed by atoms with Crippen molar-refractivity contribution < 1.29 is 9.59 Å². The lowest BCUT2D eigenvalue weighted by atomic mass is 10.1. The van der Waals surface area contributed by atoms with Gasteiger partial charge in [0.2, 0.25) is 0 Å². The maximum Gasteiger partial charge on any atom is 0.267 e. The lowest BCUT2D eigenvalue weighted by Gasteiger charge is -2.36. The molecule has 0 radical (unpaired) electrons. The summed E-state index contributed by atoms with van der Waals surface area (Å²) in [5.74, 6) is -0.197. The fourth-order valence-electron chi connectivity index (χ4n) is 3.49. The number of anilines is 2. The zero-order valence-electron chi connectivity index (χ0n) is 17.1. The number of carbonyl (C=O) groups excluding carboxylic acids is 2. The van der Waals surface area contributed by atoms with Gasteiger partial charge in [0.25, 0.3) is 11.8 Å². The topological polar surface area (TPSA) is 64.7 Å². The number of hydrogen-bond acceptors (Lipinski definition) is 5. The smallest absolute Gasteiger partial charge is 0.267 e. The van der Waals surface area contributed by atoms with E-state index in [1.54, 1.807) is 12.1 Å². The van der Waals surface area contributed by atoms with Crippen molar-refractivity contribution in [3.05, 3.63) is 81.5 Å². The number of hydrogen-bond donors (Lipinski definition) is 2. The molecule has 0 unspecified atom stereocenters. The van der Waals surface area contributed by atoms with Crippen molar-refractivity contribution in [1.82, 2.24) is 10.2 Å². The van der Waals surface area contributed by atoms with Crippen molar-refractivity contribution in [2.75, 3.05) is 36.4 Å². The van der Waals surface area contributed by atoms with Crippen LogP contribution in [0.1, 0.15) is 20.0 Å². The number of nitrogens with zero attached hydrogens (tertiary/aromatic N) is 2. The van der Waals surface area contributed by atoms with Crippen molar-refractivity contribution in [2.24, 2.45) is 0 Å². The first-order valence-corrected chi connectivity index (χ1v) is 11.7. The Kier molecular flexibility index (Phi) is 7.04. The SMILES string of the molecule is O=C(NC(=S)Nc1ccc(N2CCN(C(=O)c3ccccc3)CC2)c(Cl)c1)c1cccs1. The minimum absolute atomic E-state index is 0.0500. The third-order valence-corrected chi connectivity index (χ3v) is 6.48. The van der Waals surface area contributed by atoms with Crippen LogP contribution in [0.4, 0.5) is 11.4 Å². The predicted octanol–water partition coefficient (Wildman–Crippen LogP) is 4.49. The summed E-state index contributed by atoms with van der Waals surface area (Å²) in [6.07, 6.45) is 0. The van der Waals surface area contributed by atoms with Crippen LogP contribution in [0.5, 0.6) is 0 Å². The Bertz CT molecular complexity index is 1110. The highest BCUT2D eigenvalue weighted by molar-refractivity contribution is 7.80. The van der Waals surface area contributed by atoms with Crippen LogP contribution in [-0.4, -0.2) is 48.0 Å². The quantitative estimate of drug-likeness (QED) is 0.534. The van der Waals surface area contributed by atoms with E-state index in [9.17, 15) is 9.59 Å². The van der Waals surface area contributed by atoms with Crippen molar-refractivity contribution in [2.45, 2.75) is 0 Å². The monoisotopic (exact) mass is 484 g/mol. The van der Waals surface area contributed by atoms with Crippen LogP contribution in [0.2, 0.25) is 5.02 Å². The number of nitrogens with one attached hydrogen (secondary N) is 2. The Labute approximate surface area is 200 Å². The summed E-state index contributed by atoms with van der Waals surface area (Å²) in [6.45, 7) is 2.65. The van der Waals surface area contributed by atoms with Gasteiger partial charge in [-0.2, -0.15) is 0 Å². The number of carbonyl (C=O) groups is 2. The highest BCUT2D eigenvalue weighted by Crippen LogP contribution is 2.30. The summed E-state index contributed by atoms with van der Waals surface area (Å²) in [6, 6.07) is 18.4. The third kappa shape index (κ3) is 5.27. The standard InChI is InChI=1S/C23H21ClN4O2S2/c24-18-15-17(25-23(31)26-21(29)20-7-4-14-32-20)8-9-19(18)27-10-12-28(13-11-27)22(30)16-5-2-1-3-6-16/h1-9,14-15H,10-13H2,(H2,25,26,29,31). The van der Waals surface area contributed by atoms with Crippen molar-refractivity contribution in [3.63, 3.8) is 0 Å². The van der Waals surface area contributed by atoms with Crippen LogP contribution in [0.15, 0.2) is 66.0 Å². The van der Waals surface area contributed by atoms with Crippen molar-refractivity contribution >= 4 is 63.5 Å². The van der Waals surface area contributed by atoms with Crippen molar-refractivity contribution in [3.8, 4) is 0 Å². The van der Waals surface area contributed by atoms with Gasteiger partial charge in [0, 0.05) is 37.4 Å². The van der Waals surface area contributed by atoms with Gasteiger partial charge in [-0.1, -0.05) is 35.9 Å². The van der Waals surface area contributed by atoms with Crippen LogP contribution in [-0.2, 0) is 0 Å². The Morgan fingerprint density at radius 3 is 2.38 bits per heavy atom. The molecule has 32 heavy (non-hydrogen) atoms. The van der Waals surface area contributed by atoms with E-state index in [4.69, 9.17) is 23.8 Å². The average Bonchev–Trinajstić information content (AvgIpc) is 3.35. The lowest BCUT2D eigenvalue weighted by Crippen LogP contribution is -2.48. The summed E-state index contributed by atoms with van der Waals surface area (Å²) < 4.78 is 0. The number of piperazine rings is 1. The fraction of sp³-hybridized carbons (Fsp3) is 0.174. The minimum Gasteiger partial charge on any atom is -0.367 e. The van der Waals surface area contributed by atoms with Gasteiger partial charge in [-0.25, -0.2) is 0 Å². The highest BCUT2D eigenvalue weighted by Gasteiger charge is 2.23. The molecule has 164 valence electrons. The summed E-state index contributed by atoms with van der Waals surface area (Å²) >= 11 is 13.1. The van der Waals surface area contributed by atoms with Gasteiger partial charge in [0.1, 0.15) is 0 Å². The number of thiocarbonyl (C=S) groups is 1. The number of thiophene rings is 1. The molecule has 0 atom stereocenters. The van der Waals surface area contributed by atoms with Crippen LogP contribution in [0, 0.1) is 0 Å². The molecule has 1 aliphatic heterocycles. The molecule has 1 saturated heterocycles. The van der Waals surface area contributed by atoms with Gasteiger partial charge in [-0.3, -0.25) is 14.9 Å². The van der Waals surface area contributed by atoms with E-state index in [0.717, 1.165) is 5.69 Å². The lowest BCUT2D eigenvalue weighted by molar-refractivity contribution is 0.0746. The molecule has 1 aliphatic rings. The normalized spacial score (nSPS) is 13.5. The van der Waals surface area contributed by atoms with Crippen molar-refractivity contribution in [1.29, 1.82) is 0 Å². The zero-order valence-corrected chi connectivity index (χ0v) is 19.5. The summed E-state index contributed by atoms with van der Waals surface area (Å²) in [7, 11) is 0. The van der Waals surface area contributed by atoms with Gasteiger partial charge in [0.05, 0.1) is 15.6 Å². The molecular weight excluding hydrogens is 464 g/mol. The summed E-state index contributed by atoms with van der Waals surface area (Å²) in [4.78, 5) is 29.4. The minimum atomic E-state index is -0.247. The number of halogens is 1. The van der Waals surface area contributed by atoms with Gasteiger partial charge in [-0.05, 0) is 54.0 Å². The molecule has 0 spiro atoms. The second kappa shape index (κ2) is 10.1. The van der Waals surface area contributed by atoms with Crippen LogP contribution >= 0.6 is 35.2 Å². The van der Waals surface area contributed by atoms with Gasteiger partial charge >= 0.3 is 0 Å². The average molecular weight is 485 g/mol. The molecule has 1 aromatic heterocycles. The molecular formula is C23H21ClN4O2S2. The first-order valence-electron chi connectivity index (χ1n) is 10.1. The zero-order chi connectivity index (χ0) is 22.5. The van der Waals surface area contributed by atoms with E-state index >= 15 is 0 Å². The van der Waals surface area contributed by atoms with Gasteiger partial charge in [0.15, 0.2) is 5.11 Å². The molecule has 6 nitrogen and oxygen atoms in total. The Balaban J connectivity index is 1.33. The maximum atomic E-state index is 12.6. The van der Waals surface area contributed by atoms with E-state index in [1.165, 1.54) is 11.3 Å². The molecule has 0 aliphatic carbocycles. The van der Waals surface area contributed by atoms with E-state index in [0.29, 0.717) is 47.3 Å². The Morgan fingerprint density at radius 2 is 1.72 bits per heavy atom. The molecule has 2 amide bonds. The van der Waals surface area contributed by atoms with Crippen LogP contribution in [0.25, 0.3) is 0 Å². The molecule has 0 bridgehead atoms. The molecule has 1 fully saturated rings. The molecule has 3 aromatic rings. The van der Waals surface area contributed by atoms with Gasteiger partial charge in [-0.15, -0.1) is 11.3 Å². The highest BCUT2D eigenvalue weighted by atomic mass is 35.5. The third-order valence-electron chi connectivity index (χ3n) is 5.11. The molecule has 4 rings (SSSR count). The molecule has 9 heteroatoms. The second-order valence-electron chi connectivity index (χ2n) is 7.20. The summed E-state index contributed by atoms with van der Waals surface area (Å²) in [5, 5.41) is 8.27.